The minimum Gasteiger partial charge on any atom is -0.168 e. The summed E-state index contributed by atoms with van der Waals surface area (Å²) < 4.78 is 0. The van der Waals surface area contributed by atoms with Crippen LogP contribution in [0, 0.1) is 6.92 Å². The van der Waals surface area contributed by atoms with Crippen molar-refractivity contribution in [2.45, 2.75) is 19.0 Å². The molecule has 0 saturated carbocycles. The number of rotatable bonds is 0. The smallest absolute Gasteiger partial charge is 0.0809 e. The molecule has 0 aromatic heterocycles. The Labute approximate surface area is 173 Å². The van der Waals surface area contributed by atoms with Crippen LogP contribution in [-0.2, 0) is 20.8 Å². The predicted octanol–water partition coefficient (Wildman–Crippen LogP) is 7.35. The van der Waals surface area contributed by atoms with Gasteiger partial charge in [0.15, 0.2) is 0 Å². The van der Waals surface area contributed by atoms with Crippen LogP contribution in [0.3, 0.4) is 0 Å². The summed E-state index contributed by atoms with van der Waals surface area (Å²) in [4.78, 5) is 0. The van der Waals surface area contributed by atoms with Gasteiger partial charge in [0.05, 0.1) is 0 Å². The van der Waals surface area contributed by atoms with Crippen LogP contribution >= 0.6 is 17.0 Å². The van der Waals surface area contributed by atoms with E-state index < -0.39 is 20.8 Å². The first-order valence-corrected chi connectivity index (χ1v) is 16.3. The summed E-state index contributed by atoms with van der Waals surface area (Å²) in [7, 11) is 11.0. The molecule has 3 aromatic rings. The van der Waals surface area contributed by atoms with Gasteiger partial charge in [0.2, 0.25) is 0 Å². The molecule has 0 N–H and O–H groups in total. The van der Waals surface area contributed by atoms with Crippen LogP contribution in [0.5, 0.6) is 0 Å². The molecule has 0 bridgehead atoms. The molecule has 0 aliphatic heterocycles. The Morgan fingerprint density at radius 2 is 1.60 bits per heavy atom. The largest absolute Gasteiger partial charge is 0.168 e. The molecule has 1 aliphatic rings. The third-order valence-corrected chi connectivity index (χ3v) is 3.45. The van der Waals surface area contributed by atoms with Crippen molar-refractivity contribution in [3.8, 4) is 0 Å². The Hall–Kier alpha value is -0.530. The summed E-state index contributed by atoms with van der Waals surface area (Å²) in [6, 6.07) is 23.0. The van der Waals surface area contributed by atoms with Crippen LogP contribution in [0.2, 0.25) is 13.1 Å². The van der Waals surface area contributed by atoms with E-state index >= 15 is 0 Å². The summed E-state index contributed by atoms with van der Waals surface area (Å²) in [5.74, 6) is 0.371. The van der Waals surface area contributed by atoms with E-state index in [1.807, 2.05) is 0 Å². The van der Waals surface area contributed by atoms with Gasteiger partial charge in [-0.15, -0.1) is 41.6 Å². The van der Waals surface area contributed by atoms with Crippen molar-refractivity contribution in [1.82, 2.24) is 0 Å². The van der Waals surface area contributed by atoms with Crippen molar-refractivity contribution in [3.63, 3.8) is 0 Å². The van der Waals surface area contributed by atoms with Crippen LogP contribution in [0.15, 0.2) is 72.8 Å². The number of hydrogen-bond donors (Lipinski definition) is 0. The third kappa shape index (κ3) is 8.13. The quantitative estimate of drug-likeness (QED) is 0.241. The Bertz CT molecular complexity index is 720. The van der Waals surface area contributed by atoms with Crippen molar-refractivity contribution in [1.29, 1.82) is 0 Å². The molecule has 0 nitrogen and oxygen atoms in total. The Kier molecular flexibility index (Phi) is 12.3. The molecular formula is C21H22Cl2SiZr. The summed E-state index contributed by atoms with van der Waals surface area (Å²) >= 11 is -0.826. The molecular weight excluding hydrogens is 442 g/mol. The summed E-state index contributed by atoms with van der Waals surface area (Å²) in [5, 5.41) is 2.66. The van der Waals surface area contributed by atoms with Crippen molar-refractivity contribution in [2.24, 2.45) is 0 Å². The first kappa shape index (κ1) is 22.5. The average Bonchev–Trinajstić information content (AvgIpc) is 3.24. The fourth-order valence-corrected chi connectivity index (χ4v) is 2.39. The van der Waals surface area contributed by atoms with Crippen molar-refractivity contribution in [2.75, 3.05) is 0 Å². The minimum atomic E-state index is -0.826. The first-order valence-electron chi connectivity index (χ1n) is 7.93. The summed E-state index contributed by atoms with van der Waals surface area (Å²) in [6.07, 6.45) is 4.26. The maximum absolute atomic E-state index is 4.93. The molecule has 128 valence electrons. The topological polar surface area (TPSA) is 0 Å². The molecule has 0 amide bonds. The molecule has 1 atom stereocenters. The molecule has 2 radical (unpaired) electrons. The van der Waals surface area contributed by atoms with Gasteiger partial charge in [0, 0.05) is 9.52 Å². The van der Waals surface area contributed by atoms with Gasteiger partial charge in [-0.3, -0.25) is 0 Å². The molecule has 0 saturated heterocycles. The third-order valence-electron chi connectivity index (χ3n) is 3.45. The van der Waals surface area contributed by atoms with Gasteiger partial charge in [-0.1, -0.05) is 55.1 Å². The molecule has 1 aliphatic carbocycles. The SMILES string of the molecule is C[Si]C.[CH2-]C1C=Cc2ccccc21.[Cl][Zr+2][Cl].c1ccc2[cH-]ccc2c1. The molecule has 1 unspecified atom stereocenters. The van der Waals surface area contributed by atoms with Crippen LogP contribution in [0.1, 0.15) is 17.0 Å². The minimum absolute atomic E-state index is 0.371. The molecule has 0 fully saturated rings. The molecule has 4 heteroatoms. The number of allylic oxidation sites excluding steroid dienone is 1. The van der Waals surface area contributed by atoms with Crippen LogP contribution in [-0.4, -0.2) is 9.52 Å². The Balaban J connectivity index is 0.000000193. The van der Waals surface area contributed by atoms with E-state index in [0.717, 1.165) is 9.52 Å². The van der Waals surface area contributed by atoms with Crippen LogP contribution in [0.4, 0.5) is 0 Å². The van der Waals surface area contributed by atoms with Gasteiger partial charge in [-0.25, -0.2) is 0 Å². The molecule has 3 aromatic carbocycles. The summed E-state index contributed by atoms with van der Waals surface area (Å²) in [6.45, 7) is 8.30. The second-order valence-electron chi connectivity index (χ2n) is 5.32. The maximum atomic E-state index is 4.93. The Morgan fingerprint density at radius 3 is 2.24 bits per heavy atom. The van der Waals surface area contributed by atoms with Crippen molar-refractivity contribution in [3.05, 3.63) is 90.9 Å². The van der Waals surface area contributed by atoms with Crippen LogP contribution < -0.4 is 0 Å². The zero-order chi connectivity index (χ0) is 18.5. The second kappa shape index (κ2) is 13.6. The van der Waals surface area contributed by atoms with Crippen molar-refractivity contribution < 1.29 is 20.8 Å². The second-order valence-corrected chi connectivity index (χ2v) is 10.1. The van der Waals surface area contributed by atoms with Gasteiger partial charge in [0.1, 0.15) is 0 Å². The first-order chi connectivity index (χ1) is 12.2. The fraction of sp³-hybridized carbons (Fsp3) is 0.143. The van der Waals surface area contributed by atoms with E-state index in [2.05, 4.69) is 98.9 Å². The van der Waals surface area contributed by atoms with Gasteiger partial charge in [-0.05, 0) is 5.56 Å². The van der Waals surface area contributed by atoms with E-state index in [4.69, 9.17) is 17.0 Å². The standard InChI is InChI=1S/C10H9.C9H7.C2H6Si.2ClH.Zr/c1-8-6-7-9-4-2-3-5-10(8)9;1-2-5-9-7-3-6-8(9)4-1;1-3-2;;;/h2-8H,1H2;1-7H;1-2H3;2*1H;/q2*-1;;;;+4/p-2. The molecule has 0 spiro atoms. The molecule has 25 heavy (non-hydrogen) atoms. The predicted molar refractivity (Wildman–Crippen MR) is 112 cm³/mol. The number of benzene rings is 2. The van der Waals surface area contributed by atoms with E-state index in [9.17, 15) is 0 Å². The van der Waals surface area contributed by atoms with E-state index in [1.54, 1.807) is 0 Å². The maximum Gasteiger partial charge on any atom is -0.0809 e. The van der Waals surface area contributed by atoms with Crippen molar-refractivity contribution >= 4 is 43.4 Å². The molecule has 0 heterocycles. The van der Waals surface area contributed by atoms with Gasteiger partial charge in [0.25, 0.3) is 0 Å². The number of halogens is 2. The fourth-order valence-electron chi connectivity index (χ4n) is 2.39. The monoisotopic (exact) mass is 462 g/mol. The number of fused-ring (bicyclic) bond motifs is 2. The van der Waals surface area contributed by atoms with E-state index in [-0.39, 0.29) is 0 Å². The Morgan fingerprint density at radius 1 is 1.00 bits per heavy atom. The number of hydrogen-bond acceptors (Lipinski definition) is 0. The zero-order valence-electron chi connectivity index (χ0n) is 14.5. The van der Waals surface area contributed by atoms with E-state index in [0.29, 0.717) is 5.92 Å². The normalized spacial score (nSPS) is 13.2. The van der Waals surface area contributed by atoms with Gasteiger partial charge >= 0.3 is 37.9 Å². The van der Waals surface area contributed by atoms with E-state index in [1.165, 1.54) is 21.9 Å². The van der Waals surface area contributed by atoms with Gasteiger partial charge < -0.3 is 6.92 Å². The van der Waals surface area contributed by atoms with Crippen LogP contribution in [0.25, 0.3) is 16.8 Å². The molecule has 4 rings (SSSR count). The average molecular weight is 465 g/mol. The van der Waals surface area contributed by atoms with Gasteiger partial charge in [-0.2, -0.15) is 17.5 Å². The zero-order valence-corrected chi connectivity index (χ0v) is 19.5. The summed E-state index contributed by atoms with van der Waals surface area (Å²) in [5.41, 5.74) is 2.67.